The number of halogens is 5. The molecule has 3 aromatic rings. The number of nitrogens with two attached hydrogens (primary N) is 2. The number of nitrogen functional groups attached to an aromatic ring is 2. The van der Waals surface area contributed by atoms with E-state index in [-0.39, 0.29) is 69.7 Å². The van der Waals surface area contributed by atoms with Crippen LogP contribution in [0, 0.1) is 0 Å². The Morgan fingerprint density at radius 2 is 1.94 bits per heavy atom. The number of carbonyl (C=O) groups excluding carboxylic acids is 1. The molecule has 0 spiro atoms. The highest BCUT2D eigenvalue weighted by Crippen LogP contribution is 2.37. The highest BCUT2D eigenvalue weighted by Gasteiger charge is 2.31. The van der Waals surface area contributed by atoms with Gasteiger partial charge in [0, 0.05) is 11.0 Å². The van der Waals surface area contributed by atoms with Gasteiger partial charge >= 0.3 is 11.5 Å². The Balaban J connectivity index is 0.00000363. The Labute approximate surface area is 207 Å². The van der Waals surface area contributed by atoms with Crippen molar-refractivity contribution in [1.29, 1.82) is 0 Å². The molecule has 0 fully saturated rings. The van der Waals surface area contributed by atoms with E-state index < -0.39 is 11.5 Å². The van der Waals surface area contributed by atoms with Crippen LogP contribution in [0.2, 0.25) is 5.15 Å². The first kappa shape index (κ1) is 26.3. The number of esters is 1. The SMILES string of the molecule is CCn1c(COC(=O)c2nc(Cl)c(N)nc2N)[n+](CC)c2ccc(SC(F)(F)F)cc21.[I-]. The molecule has 1 aromatic carbocycles. The van der Waals surface area contributed by atoms with Crippen LogP contribution in [-0.4, -0.2) is 26.0 Å². The molecule has 0 unspecified atom stereocenters. The number of thioether (sulfide) groups is 1. The number of aryl methyl sites for hydroxylation is 2. The van der Waals surface area contributed by atoms with Gasteiger partial charge < -0.3 is 40.2 Å². The number of fused-ring (bicyclic) bond motifs is 1. The molecule has 174 valence electrons. The van der Waals surface area contributed by atoms with Crippen molar-refractivity contribution in [2.24, 2.45) is 0 Å². The average molecular weight is 603 g/mol. The minimum Gasteiger partial charge on any atom is -1.00 e. The molecule has 14 heteroatoms. The minimum absolute atomic E-state index is 0. The predicted octanol–water partition coefficient (Wildman–Crippen LogP) is 0.549. The molecule has 0 aliphatic rings. The van der Waals surface area contributed by atoms with Crippen LogP contribution in [0.3, 0.4) is 0 Å². The lowest BCUT2D eigenvalue weighted by molar-refractivity contribution is -0.678. The fourth-order valence-corrected chi connectivity index (χ4v) is 3.92. The van der Waals surface area contributed by atoms with E-state index in [0.717, 1.165) is 5.52 Å². The van der Waals surface area contributed by atoms with Crippen molar-refractivity contribution in [2.75, 3.05) is 11.5 Å². The van der Waals surface area contributed by atoms with Crippen molar-refractivity contribution < 1.29 is 51.2 Å². The van der Waals surface area contributed by atoms with Crippen molar-refractivity contribution in [2.45, 2.75) is 43.9 Å². The van der Waals surface area contributed by atoms with Crippen LogP contribution in [0.25, 0.3) is 11.0 Å². The summed E-state index contributed by atoms with van der Waals surface area (Å²) in [6.45, 7) is 4.52. The Kier molecular flexibility index (Phi) is 8.44. The standard InChI is InChI=1S/C18H18ClF3N6O2S.HI/c1-3-27-10-6-5-9(31-18(20,21)22)7-11(10)28(4-2)12(27)8-30-17(29)13-15(23)26-16(24)14(19)25-13;/h5-7H,3-4,8H2,1-2H3,(H3-,23,24,26,29);1H. The number of aromatic nitrogens is 4. The third-order valence-corrected chi connectivity index (χ3v) is 5.45. The molecule has 0 saturated heterocycles. The molecule has 8 nitrogen and oxygen atoms in total. The molecule has 0 atom stereocenters. The fraction of sp³-hybridized carbons (Fsp3) is 0.333. The smallest absolute Gasteiger partial charge is 0.446 e. The highest BCUT2D eigenvalue weighted by atomic mass is 127. The van der Waals surface area contributed by atoms with Gasteiger partial charge in [-0.15, -0.1) is 0 Å². The number of anilines is 2. The lowest BCUT2D eigenvalue weighted by Crippen LogP contribution is -3.00. The number of hydrogen-bond donors (Lipinski definition) is 2. The van der Waals surface area contributed by atoms with Gasteiger partial charge in [0.25, 0.3) is 5.82 Å². The summed E-state index contributed by atoms with van der Waals surface area (Å²) in [7, 11) is 0. The molecule has 4 N–H and O–H groups in total. The largest absolute Gasteiger partial charge is 1.00 e. The summed E-state index contributed by atoms with van der Waals surface area (Å²) in [5.41, 5.74) is 7.84. The monoisotopic (exact) mass is 602 g/mol. The zero-order chi connectivity index (χ0) is 22.9. The molecule has 2 aromatic heterocycles. The van der Waals surface area contributed by atoms with Crippen molar-refractivity contribution in [1.82, 2.24) is 14.5 Å². The van der Waals surface area contributed by atoms with Gasteiger partial charge in [-0.3, -0.25) is 0 Å². The molecule has 0 aliphatic carbocycles. The van der Waals surface area contributed by atoms with Crippen LogP contribution in [-0.2, 0) is 24.4 Å². The van der Waals surface area contributed by atoms with Crippen molar-refractivity contribution >= 4 is 52.0 Å². The Morgan fingerprint density at radius 1 is 1.25 bits per heavy atom. The second-order valence-corrected chi connectivity index (χ2v) is 7.81. The van der Waals surface area contributed by atoms with Crippen molar-refractivity contribution in [3.8, 4) is 0 Å². The van der Waals surface area contributed by atoms with E-state index in [9.17, 15) is 18.0 Å². The van der Waals surface area contributed by atoms with Crippen LogP contribution in [0.1, 0.15) is 30.2 Å². The second kappa shape index (κ2) is 10.3. The average Bonchev–Trinajstić information content (AvgIpc) is 2.99. The predicted molar refractivity (Wildman–Crippen MR) is 110 cm³/mol. The zero-order valence-corrected chi connectivity index (χ0v) is 20.6. The Bertz CT molecular complexity index is 1160. The molecule has 0 aliphatic heterocycles. The van der Waals surface area contributed by atoms with E-state index in [1.807, 2.05) is 18.4 Å². The maximum Gasteiger partial charge on any atom is 0.446 e. The summed E-state index contributed by atoms with van der Waals surface area (Å²) in [6.07, 6.45) is 0. The first-order valence-electron chi connectivity index (χ1n) is 9.12. The van der Waals surface area contributed by atoms with Crippen LogP contribution in [0.5, 0.6) is 0 Å². The first-order chi connectivity index (χ1) is 14.6. The van der Waals surface area contributed by atoms with Gasteiger partial charge in [-0.25, -0.2) is 23.9 Å². The third-order valence-electron chi connectivity index (χ3n) is 4.45. The number of hydrogen-bond acceptors (Lipinski definition) is 7. The van der Waals surface area contributed by atoms with E-state index in [2.05, 4.69) is 9.97 Å². The summed E-state index contributed by atoms with van der Waals surface area (Å²) >= 11 is 5.62. The van der Waals surface area contributed by atoms with Gasteiger partial charge in [0.15, 0.2) is 40.1 Å². The van der Waals surface area contributed by atoms with E-state index in [0.29, 0.717) is 24.4 Å². The molecular weight excluding hydrogens is 584 g/mol. The number of imidazole rings is 1. The van der Waals surface area contributed by atoms with Crippen LogP contribution in [0.4, 0.5) is 24.8 Å². The van der Waals surface area contributed by atoms with Gasteiger partial charge in [0.1, 0.15) is 0 Å². The molecular formula is C18H19ClF3IN6O2S. The van der Waals surface area contributed by atoms with Crippen LogP contribution >= 0.6 is 23.4 Å². The molecule has 0 amide bonds. The van der Waals surface area contributed by atoms with Crippen LogP contribution < -0.4 is 40.0 Å². The van der Waals surface area contributed by atoms with E-state index >= 15 is 0 Å². The van der Waals surface area contributed by atoms with Gasteiger partial charge in [-0.1, -0.05) is 11.6 Å². The molecule has 0 radical (unpaired) electrons. The first-order valence-corrected chi connectivity index (χ1v) is 10.3. The number of alkyl halides is 3. The Hall–Kier alpha value is -2.00. The number of nitrogens with zero attached hydrogens (tertiary/aromatic N) is 4. The number of ether oxygens (including phenoxy) is 1. The molecule has 32 heavy (non-hydrogen) atoms. The molecule has 0 bridgehead atoms. The second-order valence-electron chi connectivity index (χ2n) is 6.31. The molecule has 2 heterocycles. The lowest BCUT2D eigenvalue weighted by atomic mass is 10.3. The van der Waals surface area contributed by atoms with Crippen molar-refractivity contribution in [3.63, 3.8) is 0 Å². The van der Waals surface area contributed by atoms with E-state index in [1.54, 1.807) is 10.6 Å². The van der Waals surface area contributed by atoms with Gasteiger partial charge in [0.2, 0.25) is 0 Å². The van der Waals surface area contributed by atoms with Crippen LogP contribution in [0.15, 0.2) is 23.1 Å². The maximum atomic E-state index is 12.8. The van der Waals surface area contributed by atoms with Gasteiger partial charge in [0.05, 0.1) is 13.1 Å². The quantitative estimate of drug-likeness (QED) is 0.183. The molecule has 3 rings (SSSR count). The number of carbonyl (C=O) groups is 1. The van der Waals surface area contributed by atoms with E-state index in [1.165, 1.54) is 12.1 Å². The number of rotatable bonds is 6. The normalized spacial score (nSPS) is 11.4. The van der Waals surface area contributed by atoms with E-state index in [4.69, 9.17) is 27.8 Å². The summed E-state index contributed by atoms with van der Waals surface area (Å²) in [5.74, 6) is -0.593. The topological polar surface area (TPSA) is 113 Å². The highest BCUT2D eigenvalue weighted by molar-refractivity contribution is 8.00. The third kappa shape index (κ3) is 5.49. The fourth-order valence-electron chi connectivity index (χ4n) is 3.22. The molecule has 0 saturated carbocycles. The van der Waals surface area contributed by atoms with Gasteiger partial charge in [-0.2, -0.15) is 13.2 Å². The zero-order valence-electron chi connectivity index (χ0n) is 16.9. The van der Waals surface area contributed by atoms with Gasteiger partial charge in [-0.05, 0) is 37.7 Å². The minimum atomic E-state index is -4.39. The Morgan fingerprint density at radius 3 is 2.53 bits per heavy atom. The maximum absolute atomic E-state index is 12.8. The number of benzene rings is 1. The summed E-state index contributed by atoms with van der Waals surface area (Å²) in [5, 5.41) is -0.179. The summed E-state index contributed by atoms with van der Waals surface area (Å²) in [4.78, 5) is 20.1. The summed E-state index contributed by atoms with van der Waals surface area (Å²) in [6, 6.07) is 4.50. The lowest BCUT2D eigenvalue weighted by Gasteiger charge is -2.07. The van der Waals surface area contributed by atoms with Crippen molar-refractivity contribution in [3.05, 3.63) is 34.9 Å². The summed E-state index contributed by atoms with van der Waals surface area (Å²) < 4.78 is 47.4.